The molecule has 27 heavy (non-hydrogen) atoms. The summed E-state index contributed by atoms with van der Waals surface area (Å²) in [6.07, 6.45) is 3.03. The SMILES string of the molecule is CC(=O)CSc1nc2sc3c(c2c(=O)n1-c1ccc(Cl)cc1)CC[C@@H](C)C3. The Labute approximate surface area is 170 Å². The number of carbonyl (C=O) groups is 1. The molecule has 0 fully saturated rings. The van der Waals surface area contributed by atoms with Gasteiger partial charge in [-0.25, -0.2) is 4.98 Å². The number of hydrogen-bond acceptors (Lipinski definition) is 5. The molecule has 7 heteroatoms. The van der Waals surface area contributed by atoms with E-state index in [2.05, 4.69) is 6.92 Å². The number of fused-ring (bicyclic) bond motifs is 3. The number of hydrogen-bond donors (Lipinski definition) is 0. The first-order valence-electron chi connectivity index (χ1n) is 8.89. The molecule has 0 radical (unpaired) electrons. The highest BCUT2D eigenvalue weighted by molar-refractivity contribution is 7.99. The maximum absolute atomic E-state index is 13.5. The average molecular weight is 419 g/mol. The molecular formula is C20H19ClN2O2S2. The fraction of sp³-hybridized carbons (Fsp3) is 0.350. The van der Waals surface area contributed by atoms with Crippen LogP contribution in [0.3, 0.4) is 0 Å². The molecule has 3 aromatic rings. The predicted molar refractivity (Wildman–Crippen MR) is 113 cm³/mol. The second-order valence-electron chi connectivity index (χ2n) is 7.03. The number of benzene rings is 1. The Kier molecular flexibility index (Phi) is 5.14. The number of ketones is 1. The van der Waals surface area contributed by atoms with Crippen LogP contribution in [0.15, 0.2) is 34.2 Å². The third-order valence-corrected chi connectivity index (χ3v) is 7.27. The summed E-state index contributed by atoms with van der Waals surface area (Å²) in [6, 6.07) is 7.15. The van der Waals surface area contributed by atoms with Gasteiger partial charge in [0.25, 0.3) is 5.56 Å². The number of aryl methyl sites for hydroxylation is 1. The fourth-order valence-electron chi connectivity index (χ4n) is 3.45. The lowest BCUT2D eigenvalue weighted by atomic mass is 9.89. The third kappa shape index (κ3) is 3.58. The number of thiophene rings is 1. The number of thioether (sulfide) groups is 1. The Morgan fingerprint density at radius 3 is 2.81 bits per heavy atom. The van der Waals surface area contributed by atoms with Crippen LogP contribution < -0.4 is 5.56 Å². The molecule has 140 valence electrons. The van der Waals surface area contributed by atoms with Crippen LogP contribution in [-0.4, -0.2) is 21.1 Å². The number of carbonyl (C=O) groups excluding carboxylic acids is 1. The second kappa shape index (κ2) is 7.41. The molecule has 1 atom stereocenters. The van der Waals surface area contributed by atoms with Gasteiger partial charge in [-0.2, -0.15) is 0 Å². The van der Waals surface area contributed by atoms with Crippen LogP contribution in [0, 0.1) is 5.92 Å². The van der Waals surface area contributed by atoms with Gasteiger partial charge in [-0.1, -0.05) is 30.3 Å². The normalized spacial score (nSPS) is 16.5. The van der Waals surface area contributed by atoms with Crippen molar-refractivity contribution in [1.29, 1.82) is 0 Å². The van der Waals surface area contributed by atoms with Gasteiger partial charge in [-0.15, -0.1) is 11.3 Å². The molecule has 1 aromatic carbocycles. The summed E-state index contributed by atoms with van der Waals surface area (Å²) in [5.41, 5.74) is 1.82. The summed E-state index contributed by atoms with van der Waals surface area (Å²) in [5, 5.41) is 1.90. The number of aromatic nitrogens is 2. The molecule has 0 saturated carbocycles. The Balaban J connectivity index is 1.96. The van der Waals surface area contributed by atoms with E-state index in [1.54, 1.807) is 35.0 Å². The van der Waals surface area contributed by atoms with Crippen molar-refractivity contribution in [3.63, 3.8) is 0 Å². The highest BCUT2D eigenvalue weighted by Crippen LogP contribution is 2.37. The number of Topliss-reactive ketones (excluding diaryl/α,β-unsaturated/α-hetero) is 1. The Bertz CT molecular complexity index is 1090. The van der Waals surface area contributed by atoms with Gasteiger partial charge in [0.1, 0.15) is 10.6 Å². The highest BCUT2D eigenvalue weighted by Gasteiger charge is 2.25. The topological polar surface area (TPSA) is 52.0 Å². The number of rotatable bonds is 4. The van der Waals surface area contributed by atoms with Crippen molar-refractivity contribution in [1.82, 2.24) is 9.55 Å². The van der Waals surface area contributed by atoms with E-state index in [-0.39, 0.29) is 17.1 Å². The number of nitrogens with zero attached hydrogens (tertiary/aromatic N) is 2. The van der Waals surface area contributed by atoms with Crippen LogP contribution >= 0.6 is 34.7 Å². The average Bonchev–Trinajstić information content (AvgIpc) is 2.98. The van der Waals surface area contributed by atoms with Crippen LogP contribution in [0.4, 0.5) is 0 Å². The lowest BCUT2D eigenvalue weighted by molar-refractivity contribution is -0.114. The molecule has 0 aliphatic heterocycles. The van der Waals surface area contributed by atoms with Crippen molar-refractivity contribution in [2.75, 3.05) is 5.75 Å². The largest absolute Gasteiger partial charge is 0.299 e. The van der Waals surface area contributed by atoms with Gasteiger partial charge in [0.15, 0.2) is 5.16 Å². The molecule has 4 rings (SSSR count). The van der Waals surface area contributed by atoms with Gasteiger partial charge in [0, 0.05) is 9.90 Å². The lowest BCUT2D eigenvalue weighted by Crippen LogP contribution is -2.23. The zero-order valence-electron chi connectivity index (χ0n) is 15.1. The summed E-state index contributed by atoms with van der Waals surface area (Å²) < 4.78 is 1.62. The molecule has 0 N–H and O–H groups in total. The van der Waals surface area contributed by atoms with Gasteiger partial charge in [-0.05, 0) is 61.9 Å². The summed E-state index contributed by atoms with van der Waals surface area (Å²) in [5.74, 6) is 0.972. The quantitative estimate of drug-likeness (QED) is 0.446. The van der Waals surface area contributed by atoms with Crippen molar-refractivity contribution in [2.45, 2.75) is 38.3 Å². The molecule has 2 aromatic heterocycles. The third-order valence-electron chi connectivity index (χ3n) is 4.79. The Morgan fingerprint density at radius 2 is 2.11 bits per heavy atom. The predicted octanol–water partition coefficient (Wildman–Crippen LogP) is 4.91. The maximum atomic E-state index is 13.5. The van der Waals surface area contributed by atoms with E-state index in [0.717, 1.165) is 35.0 Å². The lowest BCUT2D eigenvalue weighted by Gasteiger charge is -2.17. The summed E-state index contributed by atoms with van der Waals surface area (Å²) in [4.78, 5) is 31.9. The molecule has 1 aliphatic rings. The zero-order valence-corrected chi connectivity index (χ0v) is 17.5. The van der Waals surface area contributed by atoms with E-state index in [1.165, 1.54) is 16.6 Å². The van der Waals surface area contributed by atoms with Gasteiger partial charge in [0.05, 0.1) is 16.8 Å². The van der Waals surface area contributed by atoms with Gasteiger partial charge in [0.2, 0.25) is 0 Å². The van der Waals surface area contributed by atoms with Crippen molar-refractivity contribution in [3.05, 3.63) is 50.1 Å². The molecule has 0 spiro atoms. The van der Waals surface area contributed by atoms with E-state index in [4.69, 9.17) is 16.6 Å². The minimum absolute atomic E-state index is 0.0521. The van der Waals surface area contributed by atoms with Crippen molar-refractivity contribution < 1.29 is 4.79 Å². The molecular weight excluding hydrogens is 400 g/mol. The highest BCUT2D eigenvalue weighted by atomic mass is 35.5. The van der Waals surface area contributed by atoms with Crippen LogP contribution in [0.2, 0.25) is 5.02 Å². The van der Waals surface area contributed by atoms with Crippen molar-refractivity contribution in [2.24, 2.45) is 5.92 Å². The second-order valence-corrected chi connectivity index (χ2v) is 9.50. The first kappa shape index (κ1) is 18.7. The molecule has 2 heterocycles. The Morgan fingerprint density at radius 1 is 1.37 bits per heavy atom. The molecule has 4 nitrogen and oxygen atoms in total. The van der Waals surface area contributed by atoms with E-state index in [9.17, 15) is 9.59 Å². The fourth-order valence-corrected chi connectivity index (χ4v) is 5.81. The number of halogens is 1. The van der Waals surface area contributed by atoms with E-state index in [1.807, 2.05) is 12.1 Å². The van der Waals surface area contributed by atoms with Crippen molar-refractivity contribution in [3.8, 4) is 5.69 Å². The van der Waals surface area contributed by atoms with Gasteiger partial charge >= 0.3 is 0 Å². The molecule has 0 saturated heterocycles. The molecule has 0 bridgehead atoms. The van der Waals surface area contributed by atoms with Crippen LogP contribution in [-0.2, 0) is 17.6 Å². The Hall–Kier alpha value is -1.63. The van der Waals surface area contributed by atoms with Gasteiger partial charge < -0.3 is 0 Å². The molecule has 0 unspecified atom stereocenters. The molecule has 0 amide bonds. The van der Waals surface area contributed by atoms with Crippen LogP contribution in [0.25, 0.3) is 15.9 Å². The summed E-state index contributed by atoms with van der Waals surface area (Å²) >= 11 is 8.95. The van der Waals surface area contributed by atoms with E-state index in [0.29, 0.717) is 21.8 Å². The standard InChI is InChI=1S/C20H19ClN2O2S2/c1-11-3-8-15-16(9-11)27-18-17(15)19(25)23(14-6-4-13(21)5-7-14)20(22-18)26-10-12(2)24/h4-7,11H,3,8-10H2,1-2H3/t11-/m1/s1. The van der Waals surface area contributed by atoms with Crippen LogP contribution in [0.1, 0.15) is 30.7 Å². The first-order chi connectivity index (χ1) is 12.9. The minimum atomic E-state index is -0.0552. The van der Waals surface area contributed by atoms with Crippen molar-refractivity contribution >= 4 is 50.7 Å². The first-order valence-corrected chi connectivity index (χ1v) is 11.1. The maximum Gasteiger partial charge on any atom is 0.267 e. The summed E-state index contributed by atoms with van der Waals surface area (Å²) in [7, 11) is 0. The monoisotopic (exact) mass is 418 g/mol. The van der Waals surface area contributed by atoms with Crippen LogP contribution in [0.5, 0.6) is 0 Å². The summed E-state index contributed by atoms with van der Waals surface area (Å²) in [6.45, 7) is 3.79. The van der Waals surface area contributed by atoms with Gasteiger partial charge in [-0.3, -0.25) is 14.2 Å². The zero-order chi connectivity index (χ0) is 19.1. The molecule has 1 aliphatic carbocycles. The smallest absolute Gasteiger partial charge is 0.267 e. The minimum Gasteiger partial charge on any atom is -0.299 e. The van der Waals surface area contributed by atoms with E-state index < -0.39 is 0 Å². The van der Waals surface area contributed by atoms with E-state index >= 15 is 0 Å².